The molecule has 5 nitrogen and oxygen atoms in total. The van der Waals surface area contributed by atoms with Gasteiger partial charge in [0.1, 0.15) is 18.1 Å². The first-order valence-electron chi connectivity index (χ1n) is 10.5. The van der Waals surface area contributed by atoms with Crippen LogP contribution in [0.3, 0.4) is 0 Å². The fraction of sp³-hybridized carbons (Fsp3) is 0.320. The number of anilines is 2. The zero-order valence-electron chi connectivity index (χ0n) is 18.1. The SMILES string of the molecule is CCN(CC)c1ccc(NC(=O)c2ccc(COc3ccc(C(C)C)cc3)o2)cc1. The van der Waals surface area contributed by atoms with Crippen LogP contribution in [0.15, 0.2) is 65.1 Å². The summed E-state index contributed by atoms with van der Waals surface area (Å²) in [6, 6.07) is 19.3. The number of rotatable bonds is 9. The molecule has 3 rings (SSSR count). The lowest BCUT2D eigenvalue weighted by atomic mass is 10.0. The molecule has 3 aromatic rings. The molecule has 0 atom stereocenters. The molecule has 158 valence electrons. The summed E-state index contributed by atoms with van der Waals surface area (Å²) < 4.78 is 11.4. The summed E-state index contributed by atoms with van der Waals surface area (Å²) >= 11 is 0. The van der Waals surface area contributed by atoms with Crippen LogP contribution >= 0.6 is 0 Å². The van der Waals surface area contributed by atoms with Crippen LogP contribution in [0.25, 0.3) is 0 Å². The predicted octanol–water partition coefficient (Wildman–Crippen LogP) is 6.08. The Labute approximate surface area is 178 Å². The maximum atomic E-state index is 12.5. The number of carbonyl (C=O) groups excluding carboxylic acids is 1. The molecule has 0 saturated heterocycles. The fourth-order valence-corrected chi connectivity index (χ4v) is 3.22. The van der Waals surface area contributed by atoms with E-state index in [1.54, 1.807) is 12.1 Å². The van der Waals surface area contributed by atoms with Gasteiger partial charge < -0.3 is 19.4 Å². The highest BCUT2D eigenvalue weighted by atomic mass is 16.5. The van der Waals surface area contributed by atoms with Gasteiger partial charge in [0.05, 0.1) is 0 Å². The molecule has 0 bridgehead atoms. The van der Waals surface area contributed by atoms with Gasteiger partial charge in [-0.1, -0.05) is 26.0 Å². The number of amides is 1. The molecule has 2 aromatic carbocycles. The average molecular weight is 407 g/mol. The van der Waals surface area contributed by atoms with Crippen molar-refractivity contribution < 1.29 is 13.9 Å². The van der Waals surface area contributed by atoms with Gasteiger partial charge in [0.25, 0.3) is 5.91 Å². The summed E-state index contributed by atoms with van der Waals surface area (Å²) in [5.41, 5.74) is 3.14. The third-order valence-electron chi connectivity index (χ3n) is 5.07. The van der Waals surface area contributed by atoms with Gasteiger partial charge in [-0.05, 0) is 73.9 Å². The number of hydrogen-bond acceptors (Lipinski definition) is 4. The van der Waals surface area contributed by atoms with Crippen LogP contribution in [0.4, 0.5) is 11.4 Å². The molecule has 0 aliphatic heterocycles. The molecule has 1 N–H and O–H groups in total. The van der Waals surface area contributed by atoms with Crippen LogP contribution in [-0.4, -0.2) is 19.0 Å². The van der Waals surface area contributed by atoms with Crippen molar-refractivity contribution in [3.8, 4) is 5.75 Å². The molecule has 5 heteroatoms. The Hall–Kier alpha value is -3.21. The first-order chi connectivity index (χ1) is 14.5. The Bertz CT molecular complexity index is 939. The second-order valence-electron chi connectivity index (χ2n) is 7.45. The molecule has 0 aliphatic rings. The van der Waals surface area contributed by atoms with Crippen molar-refractivity contribution in [2.75, 3.05) is 23.3 Å². The third-order valence-corrected chi connectivity index (χ3v) is 5.07. The third kappa shape index (κ3) is 5.44. The van der Waals surface area contributed by atoms with Crippen molar-refractivity contribution in [2.45, 2.75) is 40.2 Å². The van der Waals surface area contributed by atoms with Crippen LogP contribution < -0.4 is 15.0 Å². The van der Waals surface area contributed by atoms with E-state index in [4.69, 9.17) is 9.15 Å². The zero-order chi connectivity index (χ0) is 21.5. The maximum absolute atomic E-state index is 12.5. The zero-order valence-corrected chi connectivity index (χ0v) is 18.1. The van der Waals surface area contributed by atoms with E-state index in [0.29, 0.717) is 11.7 Å². The number of carbonyl (C=O) groups is 1. The first kappa shape index (κ1) is 21.5. The van der Waals surface area contributed by atoms with E-state index >= 15 is 0 Å². The second-order valence-corrected chi connectivity index (χ2v) is 7.45. The number of ether oxygens (including phenoxy) is 1. The van der Waals surface area contributed by atoms with Gasteiger partial charge in [0.15, 0.2) is 5.76 Å². The molecule has 30 heavy (non-hydrogen) atoms. The molecule has 0 fully saturated rings. The summed E-state index contributed by atoms with van der Waals surface area (Å²) in [4.78, 5) is 14.7. The van der Waals surface area contributed by atoms with E-state index in [1.807, 2.05) is 36.4 Å². The van der Waals surface area contributed by atoms with E-state index in [-0.39, 0.29) is 18.3 Å². The molecule has 1 heterocycles. The lowest BCUT2D eigenvalue weighted by molar-refractivity contribution is 0.0992. The minimum atomic E-state index is -0.280. The van der Waals surface area contributed by atoms with Crippen molar-refractivity contribution in [3.05, 3.63) is 77.7 Å². The quantitative estimate of drug-likeness (QED) is 0.468. The summed E-state index contributed by atoms with van der Waals surface area (Å²) in [5.74, 6) is 1.84. The van der Waals surface area contributed by atoms with Crippen molar-refractivity contribution in [1.29, 1.82) is 0 Å². The Morgan fingerprint density at radius 2 is 1.63 bits per heavy atom. The first-order valence-corrected chi connectivity index (χ1v) is 10.5. The Morgan fingerprint density at radius 1 is 0.967 bits per heavy atom. The van der Waals surface area contributed by atoms with Crippen LogP contribution in [0.2, 0.25) is 0 Å². The molecular formula is C25H30N2O3. The largest absolute Gasteiger partial charge is 0.486 e. The van der Waals surface area contributed by atoms with Gasteiger partial charge in [0, 0.05) is 24.5 Å². The lowest BCUT2D eigenvalue weighted by Crippen LogP contribution is -2.21. The van der Waals surface area contributed by atoms with Crippen molar-refractivity contribution >= 4 is 17.3 Å². The fourth-order valence-electron chi connectivity index (χ4n) is 3.22. The maximum Gasteiger partial charge on any atom is 0.291 e. The summed E-state index contributed by atoms with van der Waals surface area (Å²) in [6.45, 7) is 10.7. The Morgan fingerprint density at radius 3 is 2.23 bits per heavy atom. The smallest absolute Gasteiger partial charge is 0.291 e. The van der Waals surface area contributed by atoms with Crippen LogP contribution in [0.5, 0.6) is 5.75 Å². The monoisotopic (exact) mass is 406 g/mol. The number of furan rings is 1. The van der Waals surface area contributed by atoms with Gasteiger partial charge in [-0.3, -0.25) is 4.79 Å². The summed E-state index contributed by atoms with van der Waals surface area (Å²) in [7, 11) is 0. The Kier molecular flexibility index (Phi) is 7.17. The second kappa shape index (κ2) is 10.0. The molecular weight excluding hydrogens is 376 g/mol. The van der Waals surface area contributed by atoms with Crippen molar-refractivity contribution in [2.24, 2.45) is 0 Å². The molecule has 1 amide bonds. The summed E-state index contributed by atoms with van der Waals surface area (Å²) in [5, 5.41) is 2.87. The highest BCUT2D eigenvalue weighted by molar-refractivity contribution is 6.02. The minimum absolute atomic E-state index is 0.261. The highest BCUT2D eigenvalue weighted by Gasteiger charge is 2.12. The van der Waals surface area contributed by atoms with Gasteiger partial charge in [0.2, 0.25) is 0 Å². The molecule has 0 aliphatic carbocycles. The number of hydrogen-bond donors (Lipinski definition) is 1. The van der Waals surface area contributed by atoms with E-state index in [9.17, 15) is 4.79 Å². The van der Waals surface area contributed by atoms with Crippen LogP contribution in [0, 0.1) is 0 Å². The van der Waals surface area contributed by atoms with Crippen molar-refractivity contribution in [3.63, 3.8) is 0 Å². The topological polar surface area (TPSA) is 54.7 Å². The number of nitrogens with one attached hydrogen (secondary N) is 1. The molecule has 0 unspecified atom stereocenters. The van der Waals surface area contributed by atoms with E-state index < -0.39 is 0 Å². The van der Waals surface area contributed by atoms with Gasteiger partial charge >= 0.3 is 0 Å². The van der Waals surface area contributed by atoms with E-state index in [2.05, 4.69) is 50.0 Å². The molecule has 1 aromatic heterocycles. The highest BCUT2D eigenvalue weighted by Crippen LogP contribution is 2.21. The lowest BCUT2D eigenvalue weighted by Gasteiger charge is -2.21. The van der Waals surface area contributed by atoms with Crippen LogP contribution in [0.1, 0.15) is 55.5 Å². The average Bonchev–Trinajstić information content (AvgIpc) is 3.24. The predicted molar refractivity (Wildman–Crippen MR) is 122 cm³/mol. The minimum Gasteiger partial charge on any atom is -0.486 e. The number of benzene rings is 2. The normalized spacial score (nSPS) is 10.8. The Balaban J connectivity index is 1.55. The van der Waals surface area contributed by atoms with Gasteiger partial charge in [-0.15, -0.1) is 0 Å². The molecule has 0 saturated carbocycles. The molecule has 0 spiro atoms. The van der Waals surface area contributed by atoms with Gasteiger partial charge in [-0.25, -0.2) is 0 Å². The standard InChI is InChI=1S/C25H30N2O3/c1-5-27(6-2)21-11-9-20(10-12-21)26-25(28)24-16-15-23(30-24)17-29-22-13-7-19(8-14-22)18(3)4/h7-16,18H,5-6,17H2,1-4H3,(H,26,28). The summed E-state index contributed by atoms with van der Waals surface area (Å²) in [6.07, 6.45) is 0. The number of nitrogens with zero attached hydrogens (tertiary/aromatic N) is 1. The van der Waals surface area contributed by atoms with E-state index in [0.717, 1.165) is 30.2 Å². The van der Waals surface area contributed by atoms with Gasteiger partial charge in [-0.2, -0.15) is 0 Å². The van der Waals surface area contributed by atoms with Crippen molar-refractivity contribution in [1.82, 2.24) is 0 Å². The van der Waals surface area contributed by atoms with Crippen LogP contribution in [-0.2, 0) is 6.61 Å². The molecule has 0 radical (unpaired) electrons. The van der Waals surface area contributed by atoms with E-state index in [1.165, 1.54) is 5.56 Å².